The summed E-state index contributed by atoms with van der Waals surface area (Å²) in [5.41, 5.74) is 1.52. The van der Waals surface area contributed by atoms with Crippen LogP contribution in [0.25, 0.3) is 0 Å². The average molecular weight is 367 g/mol. The van der Waals surface area contributed by atoms with Crippen LogP contribution in [0.2, 0.25) is 0 Å². The van der Waals surface area contributed by atoms with Crippen molar-refractivity contribution < 1.29 is 19.4 Å². The van der Waals surface area contributed by atoms with Crippen molar-refractivity contribution in [1.82, 2.24) is 0 Å². The van der Waals surface area contributed by atoms with Crippen LogP contribution in [0.15, 0.2) is 48.5 Å². The number of esters is 1. The molecule has 0 aliphatic heterocycles. The fourth-order valence-corrected chi connectivity index (χ4v) is 3.24. The lowest BCUT2D eigenvalue weighted by Gasteiger charge is -2.19. The van der Waals surface area contributed by atoms with E-state index in [0.717, 1.165) is 31.2 Å². The Labute approximate surface area is 161 Å². The molecular formula is C23H27O4-. The largest absolute Gasteiger partial charge is 0.545 e. The summed E-state index contributed by atoms with van der Waals surface area (Å²) in [6.45, 7) is 4.35. The fourth-order valence-electron chi connectivity index (χ4n) is 3.24. The molecule has 0 fully saturated rings. The molecule has 2 rings (SSSR count). The van der Waals surface area contributed by atoms with Gasteiger partial charge in [0.2, 0.25) is 0 Å². The van der Waals surface area contributed by atoms with Crippen LogP contribution >= 0.6 is 0 Å². The lowest BCUT2D eigenvalue weighted by molar-refractivity contribution is -0.255. The first-order valence-electron chi connectivity index (χ1n) is 9.61. The number of carboxylic acid groups (broad SMARTS) is 1. The molecule has 144 valence electrons. The van der Waals surface area contributed by atoms with Crippen LogP contribution in [0.4, 0.5) is 0 Å². The Balaban J connectivity index is 2.20. The third-order valence-corrected chi connectivity index (χ3v) is 4.84. The van der Waals surface area contributed by atoms with Crippen molar-refractivity contribution in [2.24, 2.45) is 5.92 Å². The average Bonchev–Trinajstić information content (AvgIpc) is 2.69. The molecule has 0 aromatic heterocycles. The van der Waals surface area contributed by atoms with Gasteiger partial charge in [0.25, 0.3) is 0 Å². The van der Waals surface area contributed by atoms with Gasteiger partial charge in [-0.25, -0.2) is 4.79 Å². The van der Waals surface area contributed by atoms with Crippen molar-refractivity contribution in [2.45, 2.75) is 52.6 Å². The zero-order valence-corrected chi connectivity index (χ0v) is 16.1. The quantitative estimate of drug-likeness (QED) is 0.591. The first kappa shape index (κ1) is 20.7. The number of carbonyl (C=O) groups excluding carboxylic acids is 2. The molecule has 1 atom stereocenters. The Morgan fingerprint density at radius 2 is 1.78 bits per heavy atom. The highest BCUT2D eigenvalue weighted by atomic mass is 16.5. The maximum Gasteiger partial charge on any atom is 0.339 e. The summed E-state index contributed by atoms with van der Waals surface area (Å²) in [5, 5.41) is 11.8. The van der Waals surface area contributed by atoms with E-state index in [1.165, 1.54) is 6.07 Å². The van der Waals surface area contributed by atoms with E-state index in [9.17, 15) is 14.7 Å². The summed E-state index contributed by atoms with van der Waals surface area (Å²) >= 11 is 0. The fraction of sp³-hybridized carbons (Fsp3) is 0.391. The van der Waals surface area contributed by atoms with Gasteiger partial charge in [0.1, 0.15) is 6.61 Å². The molecule has 0 spiro atoms. The summed E-state index contributed by atoms with van der Waals surface area (Å²) in [6, 6.07) is 14.3. The van der Waals surface area contributed by atoms with Crippen molar-refractivity contribution in [2.75, 3.05) is 0 Å². The van der Waals surface area contributed by atoms with Crippen LogP contribution in [-0.4, -0.2) is 11.9 Å². The Morgan fingerprint density at radius 3 is 2.41 bits per heavy atom. The molecule has 0 radical (unpaired) electrons. The van der Waals surface area contributed by atoms with Crippen molar-refractivity contribution in [1.29, 1.82) is 0 Å². The maximum atomic E-state index is 12.5. The molecule has 0 saturated carbocycles. The highest BCUT2D eigenvalue weighted by molar-refractivity contribution is 6.02. The summed E-state index contributed by atoms with van der Waals surface area (Å²) in [7, 11) is 0. The predicted molar refractivity (Wildman–Crippen MR) is 103 cm³/mol. The van der Waals surface area contributed by atoms with E-state index in [1.54, 1.807) is 12.1 Å². The number of carbonyl (C=O) groups is 2. The minimum absolute atomic E-state index is 0.0366. The maximum absolute atomic E-state index is 12.5. The summed E-state index contributed by atoms with van der Waals surface area (Å²) < 4.78 is 5.33. The lowest BCUT2D eigenvalue weighted by atomic mass is 9.88. The second kappa shape index (κ2) is 10.5. The number of hydrogen-bond acceptors (Lipinski definition) is 4. The van der Waals surface area contributed by atoms with E-state index in [4.69, 9.17) is 4.74 Å². The van der Waals surface area contributed by atoms with Gasteiger partial charge in [0, 0.05) is 5.56 Å². The van der Waals surface area contributed by atoms with E-state index < -0.39 is 11.9 Å². The summed E-state index contributed by atoms with van der Waals surface area (Å²) in [5.74, 6) is -1.58. The number of unbranched alkanes of at least 4 members (excludes halogenated alkanes) is 1. The van der Waals surface area contributed by atoms with Gasteiger partial charge in [-0.15, -0.1) is 0 Å². The van der Waals surface area contributed by atoms with Gasteiger partial charge in [-0.05, 0) is 29.5 Å². The van der Waals surface area contributed by atoms with E-state index >= 15 is 0 Å². The van der Waals surface area contributed by atoms with E-state index in [-0.39, 0.29) is 17.7 Å². The van der Waals surface area contributed by atoms with E-state index in [1.807, 2.05) is 30.3 Å². The zero-order valence-electron chi connectivity index (χ0n) is 16.1. The summed E-state index contributed by atoms with van der Waals surface area (Å²) in [6.07, 6.45) is 4.85. The van der Waals surface area contributed by atoms with Crippen LogP contribution in [0.1, 0.15) is 71.4 Å². The third-order valence-electron chi connectivity index (χ3n) is 4.84. The Kier molecular flexibility index (Phi) is 8.05. The van der Waals surface area contributed by atoms with Gasteiger partial charge < -0.3 is 14.6 Å². The normalized spacial score (nSPS) is 11.8. The first-order chi connectivity index (χ1) is 13.1. The minimum Gasteiger partial charge on any atom is -0.545 e. The van der Waals surface area contributed by atoms with Crippen molar-refractivity contribution >= 4 is 11.9 Å². The molecule has 4 heteroatoms. The molecule has 0 saturated heterocycles. The second-order valence-electron chi connectivity index (χ2n) is 6.81. The molecule has 1 unspecified atom stereocenters. The molecular weight excluding hydrogens is 340 g/mol. The standard InChI is InChI=1S/C23H28O4/c1-3-5-10-17(4-2)15-19-13-9-14-20(21(19)22(24)25)23(26)27-16-18-11-7-6-8-12-18/h6-9,11-14,17H,3-5,10,15-16H2,1-2H3,(H,24,25)/p-1. The van der Waals surface area contributed by atoms with Gasteiger partial charge >= 0.3 is 5.97 Å². The van der Waals surface area contributed by atoms with Crippen molar-refractivity contribution in [3.05, 3.63) is 70.8 Å². The number of carboxylic acids is 1. The van der Waals surface area contributed by atoms with E-state index in [0.29, 0.717) is 17.9 Å². The SMILES string of the molecule is CCCCC(CC)Cc1cccc(C(=O)OCc2ccccc2)c1C(=O)[O-]. The van der Waals surface area contributed by atoms with Gasteiger partial charge in [-0.2, -0.15) is 0 Å². The Hall–Kier alpha value is -2.62. The van der Waals surface area contributed by atoms with Crippen LogP contribution in [0, 0.1) is 5.92 Å². The number of ether oxygens (including phenoxy) is 1. The minimum atomic E-state index is -1.33. The molecule has 0 aliphatic rings. The van der Waals surface area contributed by atoms with Crippen LogP contribution < -0.4 is 5.11 Å². The highest BCUT2D eigenvalue weighted by Gasteiger charge is 2.19. The zero-order chi connectivity index (χ0) is 19.6. The summed E-state index contributed by atoms with van der Waals surface area (Å²) in [4.78, 5) is 24.3. The number of rotatable bonds is 10. The smallest absolute Gasteiger partial charge is 0.339 e. The molecule has 0 heterocycles. The van der Waals surface area contributed by atoms with Gasteiger partial charge in [-0.3, -0.25) is 0 Å². The monoisotopic (exact) mass is 367 g/mol. The van der Waals surface area contributed by atoms with Crippen LogP contribution in [-0.2, 0) is 17.8 Å². The molecule has 0 N–H and O–H groups in total. The van der Waals surface area contributed by atoms with Crippen molar-refractivity contribution in [3.8, 4) is 0 Å². The number of hydrogen-bond donors (Lipinski definition) is 0. The molecule has 27 heavy (non-hydrogen) atoms. The van der Waals surface area contributed by atoms with Gasteiger partial charge in [0.05, 0.1) is 11.5 Å². The molecule has 0 bridgehead atoms. The van der Waals surface area contributed by atoms with E-state index in [2.05, 4.69) is 13.8 Å². The molecule has 2 aromatic carbocycles. The van der Waals surface area contributed by atoms with Crippen LogP contribution in [0.5, 0.6) is 0 Å². The van der Waals surface area contributed by atoms with Crippen molar-refractivity contribution in [3.63, 3.8) is 0 Å². The topological polar surface area (TPSA) is 66.4 Å². The lowest BCUT2D eigenvalue weighted by Crippen LogP contribution is -2.27. The van der Waals surface area contributed by atoms with Crippen LogP contribution in [0.3, 0.4) is 0 Å². The molecule has 4 nitrogen and oxygen atoms in total. The number of aromatic carboxylic acids is 1. The molecule has 0 amide bonds. The third kappa shape index (κ3) is 5.95. The molecule has 0 aliphatic carbocycles. The van der Waals surface area contributed by atoms with Gasteiger partial charge in [-0.1, -0.05) is 82.0 Å². The number of benzene rings is 2. The first-order valence-corrected chi connectivity index (χ1v) is 9.61. The molecule has 2 aromatic rings. The predicted octanol–water partition coefficient (Wildman–Crippen LogP) is 4.17. The Bertz CT molecular complexity index is 752. The highest BCUT2D eigenvalue weighted by Crippen LogP contribution is 2.23. The van der Waals surface area contributed by atoms with Gasteiger partial charge in [0.15, 0.2) is 0 Å². The Morgan fingerprint density at radius 1 is 1.04 bits per heavy atom. The second-order valence-corrected chi connectivity index (χ2v) is 6.81.